The Kier molecular flexibility index (Phi) is 2.62. The van der Waals surface area contributed by atoms with E-state index in [1.807, 2.05) is 6.07 Å². The molecule has 0 aliphatic carbocycles. The second-order valence-corrected chi connectivity index (χ2v) is 3.40. The highest BCUT2D eigenvalue weighted by atomic mass is 15.5. The molecule has 0 bridgehead atoms. The zero-order valence-corrected chi connectivity index (χ0v) is 8.70. The van der Waals surface area contributed by atoms with Gasteiger partial charge in [-0.15, -0.1) is 5.10 Å². The summed E-state index contributed by atoms with van der Waals surface area (Å²) in [5, 5.41) is 20.1. The van der Waals surface area contributed by atoms with Crippen molar-refractivity contribution in [1.82, 2.24) is 20.2 Å². The molecule has 1 aromatic carbocycles. The summed E-state index contributed by atoms with van der Waals surface area (Å²) in [5.41, 5.74) is 7.03. The Hall–Kier alpha value is -2.26. The van der Waals surface area contributed by atoms with Gasteiger partial charge in [-0.05, 0) is 35.5 Å². The van der Waals surface area contributed by atoms with Crippen LogP contribution >= 0.6 is 0 Å². The molecule has 0 fully saturated rings. The van der Waals surface area contributed by atoms with Gasteiger partial charge in [0.05, 0.1) is 23.4 Å². The SMILES string of the molecule is CC(N)c1nnnn1-c1cccc(C#N)c1. The van der Waals surface area contributed by atoms with Crippen molar-refractivity contribution in [2.45, 2.75) is 13.0 Å². The van der Waals surface area contributed by atoms with Gasteiger partial charge in [0.15, 0.2) is 5.82 Å². The molecule has 1 unspecified atom stereocenters. The van der Waals surface area contributed by atoms with Crippen molar-refractivity contribution in [3.63, 3.8) is 0 Å². The van der Waals surface area contributed by atoms with E-state index in [9.17, 15) is 0 Å². The van der Waals surface area contributed by atoms with Crippen molar-refractivity contribution >= 4 is 0 Å². The molecular formula is C10H10N6. The molecule has 0 aliphatic rings. The quantitative estimate of drug-likeness (QED) is 0.788. The monoisotopic (exact) mass is 214 g/mol. The van der Waals surface area contributed by atoms with E-state index in [-0.39, 0.29) is 6.04 Å². The zero-order valence-electron chi connectivity index (χ0n) is 8.70. The van der Waals surface area contributed by atoms with E-state index >= 15 is 0 Å². The van der Waals surface area contributed by atoms with Crippen molar-refractivity contribution in [2.24, 2.45) is 5.73 Å². The van der Waals surface area contributed by atoms with Gasteiger partial charge in [0.2, 0.25) is 0 Å². The van der Waals surface area contributed by atoms with Gasteiger partial charge in [-0.1, -0.05) is 6.07 Å². The lowest BCUT2D eigenvalue weighted by Crippen LogP contribution is -2.13. The number of benzene rings is 1. The highest BCUT2D eigenvalue weighted by molar-refractivity contribution is 5.41. The average Bonchev–Trinajstić information content (AvgIpc) is 2.78. The Balaban J connectivity index is 2.51. The first kappa shape index (κ1) is 10.3. The summed E-state index contributed by atoms with van der Waals surface area (Å²) in [6.45, 7) is 1.80. The third kappa shape index (κ3) is 1.76. The van der Waals surface area contributed by atoms with Crippen LogP contribution in [0.5, 0.6) is 0 Å². The number of rotatable bonds is 2. The maximum Gasteiger partial charge on any atom is 0.173 e. The predicted molar refractivity (Wildman–Crippen MR) is 56.5 cm³/mol. The van der Waals surface area contributed by atoms with E-state index < -0.39 is 0 Å². The summed E-state index contributed by atoms with van der Waals surface area (Å²) in [4.78, 5) is 0. The van der Waals surface area contributed by atoms with E-state index in [4.69, 9.17) is 11.0 Å². The molecular weight excluding hydrogens is 204 g/mol. The first-order chi connectivity index (χ1) is 7.72. The van der Waals surface area contributed by atoms with Crippen molar-refractivity contribution in [3.05, 3.63) is 35.7 Å². The number of nitriles is 1. The molecule has 0 aliphatic heterocycles. The van der Waals surface area contributed by atoms with Crippen LogP contribution in [-0.2, 0) is 0 Å². The minimum atomic E-state index is -0.263. The second kappa shape index (κ2) is 4.08. The van der Waals surface area contributed by atoms with Crippen LogP contribution in [0.3, 0.4) is 0 Å². The molecule has 6 heteroatoms. The molecule has 0 radical (unpaired) electrons. The van der Waals surface area contributed by atoms with E-state index in [0.717, 1.165) is 5.69 Å². The van der Waals surface area contributed by atoms with Gasteiger partial charge in [0.1, 0.15) is 0 Å². The molecule has 0 amide bonds. The number of nitrogens with two attached hydrogens (primary N) is 1. The summed E-state index contributed by atoms with van der Waals surface area (Å²) in [5.74, 6) is 0.565. The van der Waals surface area contributed by atoms with Crippen LogP contribution in [0, 0.1) is 11.3 Å². The maximum atomic E-state index is 8.80. The van der Waals surface area contributed by atoms with Crippen LogP contribution in [0.1, 0.15) is 24.4 Å². The van der Waals surface area contributed by atoms with Gasteiger partial charge < -0.3 is 5.73 Å². The fourth-order valence-electron chi connectivity index (χ4n) is 1.37. The number of aromatic nitrogens is 4. The van der Waals surface area contributed by atoms with Crippen molar-refractivity contribution in [2.75, 3.05) is 0 Å². The Morgan fingerprint density at radius 3 is 3.00 bits per heavy atom. The molecule has 16 heavy (non-hydrogen) atoms. The van der Waals surface area contributed by atoms with Gasteiger partial charge in [0.25, 0.3) is 0 Å². The number of hydrogen-bond donors (Lipinski definition) is 1. The zero-order chi connectivity index (χ0) is 11.5. The number of tetrazole rings is 1. The summed E-state index contributed by atoms with van der Waals surface area (Å²) < 4.78 is 1.53. The molecule has 1 atom stereocenters. The third-order valence-corrected chi connectivity index (χ3v) is 2.12. The number of nitrogens with zero attached hydrogens (tertiary/aromatic N) is 5. The Labute approximate surface area is 92.3 Å². The molecule has 0 saturated carbocycles. The topological polar surface area (TPSA) is 93.4 Å². The minimum Gasteiger partial charge on any atom is -0.321 e. The molecule has 2 aromatic rings. The lowest BCUT2D eigenvalue weighted by atomic mass is 10.2. The Bertz CT molecular complexity index is 536. The molecule has 80 valence electrons. The molecule has 2 N–H and O–H groups in total. The van der Waals surface area contributed by atoms with E-state index in [1.165, 1.54) is 4.68 Å². The van der Waals surface area contributed by atoms with E-state index in [2.05, 4.69) is 21.6 Å². The summed E-state index contributed by atoms with van der Waals surface area (Å²) in [6, 6.07) is 8.83. The van der Waals surface area contributed by atoms with Crippen LogP contribution in [-0.4, -0.2) is 20.2 Å². The summed E-state index contributed by atoms with van der Waals surface area (Å²) >= 11 is 0. The standard InChI is InChI=1S/C10H10N6/c1-7(12)10-13-14-15-16(10)9-4-2-3-8(5-9)6-11/h2-5,7H,12H2,1H3. The summed E-state index contributed by atoms with van der Waals surface area (Å²) in [6.07, 6.45) is 0. The first-order valence-electron chi connectivity index (χ1n) is 4.77. The fourth-order valence-corrected chi connectivity index (χ4v) is 1.37. The van der Waals surface area contributed by atoms with Crippen LogP contribution in [0.4, 0.5) is 0 Å². The molecule has 6 nitrogen and oxygen atoms in total. The Morgan fingerprint density at radius 1 is 1.50 bits per heavy atom. The fraction of sp³-hybridized carbons (Fsp3) is 0.200. The average molecular weight is 214 g/mol. The molecule has 0 saturated heterocycles. The predicted octanol–water partition coefficient (Wildman–Crippen LogP) is 0.554. The molecule has 0 spiro atoms. The molecule has 1 heterocycles. The van der Waals surface area contributed by atoms with Crippen molar-refractivity contribution in [3.8, 4) is 11.8 Å². The van der Waals surface area contributed by atoms with E-state index in [1.54, 1.807) is 25.1 Å². The summed E-state index contributed by atoms with van der Waals surface area (Å²) in [7, 11) is 0. The smallest absolute Gasteiger partial charge is 0.173 e. The third-order valence-electron chi connectivity index (χ3n) is 2.12. The van der Waals surface area contributed by atoms with Gasteiger partial charge in [-0.2, -0.15) is 9.94 Å². The normalized spacial score (nSPS) is 12.1. The lowest BCUT2D eigenvalue weighted by Gasteiger charge is -2.06. The molecule has 2 rings (SSSR count). The highest BCUT2D eigenvalue weighted by Crippen LogP contribution is 2.13. The van der Waals surface area contributed by atoms with Gasteiger partial charge >= 0.3 is 0 Å². The maximum absolute atomic E-state index is 8.80. The first-order valence-corrected chi connectivity index (χ1v) is 4.77. The van der Waals surface area contributed by atoms with Crippen LogP contribution < -0.4 is 5.73 Å². The minimum absolute atomic E-state index is 0.263. The lowest BCUT2D eigenvalue weighted by molar-refractivity contribution is 0.688. The van der Waals surface area contributed by atoms with Gasteiger partial charge in [-0.3, -0.25) is 0 Å². The largest absolute Gasteiger partial charge is 0.321 e. The van der Waals surface area contributed by atoms with Gasteiger partial charge in [0, 0.05) is 0 Å². The van der Waals surface area contributed by atoms with Crippen LogP contribution in [0.2, 0.25) is 0 Å². The van der Waals surface area contributed by atoms with Crippen LogP contribution in [0.15, 0.2) is 24.3 Å². The van der Waals surface area contributed by atoms with Gasteiger partial charge in [-0.25, -0.2) is 0 Å². The number of hydrogen-bond acceptors (Lipinski definition) is 5. The Morgan fingerprint density at radius 2 is 2.31 bits per heavy atom. The van der Waals surface area contributed by atoms with Crippen molar-refractivity contribution < 1.29 is 0 Å². The van der Waals surface area contributed by atoms with E-state index in [0.29, 0.717) is 11.4 Å². The highest BCUT2D eigenvalue weighted by Gasteiger charge is 2.11. The van der Waals surface area contributed by atoms with Crippen LogP contribution in [0.25, 0.3) is 5.69 Å². The van der Waals surface area contributed by atoms with Crippen molar-refractivity contribution in [1.29, 1.82) is 5.26 Å². The second-order valence-electron chi connectivity index (χ2n) is 3.40. The molecule has 1 aromatic heterocycles.